The third-order valence-electron chi connectivity index (χ3n) is 4.44. The van der Waals surface area contributed by atoms with E-state index in [4.69, 9.17) is 0 Å². The van der Waals surface area contributed by atoms with Gasteiger partial charge in [-0.1, -0.05) is 44.2 Å². The van der Waals surface area contributed by atoms with E-state index >= 15 is 0 Å². The van der Waals surface area contributed by atoms with E-state index < -0.39 is 0 Å². The van der Waals surface area contributed by atoms with Crippen LogP contribution in [0.4, 0.5) is 0 Å². The zero-order chi connectivity index (χ0) is 15.7. The molecule has 0 saturated heterocycles. The van der Waals surface area contributed by atoms with E-state index in [1.807, 2.05) is 18.2 Å². The fraction of sp³-hybridized carbons (Fsp3) is 0.500. The molecule has 0 aliphatic heterocycles. The van der Waals surface area contributed by atoms with Crippen LogP contribution in [0.25, 0.3) is 0 Å². The van der Waals surface area contributed by atoms with Crippen LogP contribution in [0.1, 0.15) is 51.0 Å². The number of ketones is 1. The number of hydrogen-bond acceptors (Lipinski definition) is 3. The number of hydrazone groups is 1. The van der Waals surface area contributed by atoms with Crippen molar-refractivity contribution in [2.24, 2.45) is 16.4 Å². The van der Waals surface area contributed by atoms with E-state index in [-0.39, 0.29) is 47.0 Å². The molecule has 0 spiro atoms. The molecule has 2 aliphatic carbocycles. The SMILES string of the molecule is CC1(C)CC(=O)C/C(=N\NC(=O)C2CC2c2ccccc2)C1.I. The Labute approximate surface area is 154 Å². The van der Waals surface area contributed by atoms with Gasteiger partial charge in [-0.05, 0) is 29.7 Å². The molecule has 2 saturated carbocycles. The van der Waals surface area contributed by atoms with Gasteiger partial charge in [-0.2, -0.15) is 5.10 Å². The van der Waals surface area contributed by atoms with Crippen LogP contribution in [0.15, 0.2) is 35.4 Å². The summed E-state index contributed by atoms with van der Waals surface area (Å²) in [5, 5.41) is 4.21. The quantitative estimate of drug-likeness (QED) is 0.593. The summed E-state index contributed by atoms with van der Waals surface area (Å²) in [6, 6.07) is 10.1. The van der Waals surface area contributed by atoms with E-state index in [0.717, 1.165) is 18.6 Å². The Kier molecular flexibility index (Phi) is 5.60. The second-order valence-electron chi connectivity index (χ2n) is 7.25. The zero-order valence-corrected chi connectivity index (χ0v) is 15.9. The topological polar surface area (TPSA) is 58.5 Å². The first-order valence-electron chi connectivity index (χ1n) is 7.86. The zero-order valence-electron chi connectivity index (χ0n) is 13.5. The minimum absolute atomic E-state index is 0. The minimum Gasteiger partial charge on any atom is -0.299 e. The number of carbonyl (C=O) groups is 2. The molecular formula is C18H23IN2O2. The lowest BCUT2D eigenvalue weighted by atomic mass is 9.76. The average Bonchev–Trinajstić information content (AvgIpc) is 3.24. The first-order valence-corrected chi connectivity index (χ1v) is 7.86. The predicted octanol–water partition coefficient (Wildman–Crippen LogP) is 3.66. The largest absolute Gasteiger partial charge is 0.299 e. The lowest BCUT2D eigenvalue weighted by molar-refractivity contribution is -0.123. The molecular weight excluding hydrogens is 403 g/mol. The van der Waals surface area contributed by atoms with Crippen LogP contribution in [0.5, 0.6) is 0 Å². The van der Waals surface area contributed by atoms with Crippen LogP contribution in [-0.4, -0.2) is 17.4 Å². The Morgan fingerprint density at radius 3 is 2.57 bits per heavy atom. The van der Waals surface area contributed by atoms with Crippen molar-refractivity contribution < 1.29 is 9.59 Å². The molecule has 4 nitrogen and oxygen atoms in total. The Morgan fingerprint density at radius 1 is 1.22 bits per heavy atom. The van der Waals surface area contributed by atoms with Crippen LogP contribution in [0.3, 0.4) is 0 Å². The van der Waals surface area contributed by atoms with Crippen molar-refractivity contribution >= 4 is 41.4 Å². The highest BCUT2D eigenvalue weighted by Gasteiger charge is 2.44. The summed E-state index contributed by atoms with van der Waals surface area (Å²) in [4.78, 5) is 23.9. The summed E-state index contributed by atoms with van der Waals surface area (Å²) in [5.74, 6) is 0.500. The molecule has 0 radical (unpaired) electrons. The smallest absolute Gasteiger partial charge is 0.243 e. The van der Waals surface area contributed by atoms with Gasteiger partial charge in [0.2, 0.25) is 5.91 Å². The van der Waals surface area contributed by atoms with Crippen molar-refractivity contribution in [3.8, 4) is 0 Å². The minimum atomic E-state index is -0.0505. The van der Waals surface area contributed by atoms with E-state index in [2.05, 4.69) is 36.5 Å². The third-order valence-corrected chi connectivity index (χ3v) is 4.44. The lowest BCUT2D eigenvalue weighted by Crippen LogP contribution is -2.31. The second kappa shape index (κ2) is 7.11. The summed E-state index contributed by atoms with van der Waals surface area (Å²) < 4.78 is 0. The molecule has 2 aliphatic rings. The van der Waals surface area contributed by atoms with E-state index in [0.29, 0.717) is 18.8 Å². The standard InChI is InChI=1S/C18H22N2O2.HI/c1-18(2)10-13(8-14(21)11-18)19-20-17(22)16-9-15(16)12-6-4-3-5-7-12;/h3-7,15-16H,8-11H2,1-2H3,(H,20,22);1H/b19-13+;. The molecule has 1 N–H and O–H groups in total. The molecule has 1 aromatic rings. The summed E-state index contributed by atoms with van der Waals surface area (Å²) in [6.07, 6.45) is 2.62. The molecule has 0 heterocycles. The van der Waals surface area contributed by atoms with Crippen LogP contribution in [-0.2, 0) is 9.59 Å². The molecule has 0 aromatic heterocycles. The molecule has 5 heteroatoms. The van der Waals surface area contributed by atoms with E-state index in [1.165, 1.54) is 5.56 Å². The van der Waals surface area contributed by atoms with Gasteiger partial charge in [-0.25, -0.2) is 5.43 Å². The molecule has 2 atom stereocenters. The van der Waals surface area contributed by atoms with Gasteiger partial charge >= 0.3 is 0 Å². The first kappa shape index (κ1) is 18.1. The van der Waals surface area contributed by atoms with E-state index in [9.17, 15) is 9.59 Å². The summed E-state index contributed by atoms with van der Waals surface area (Å²) in [7, 11) is 0. The highest BCUT2D eigenvalue weighted by Crippen LogP contribution is 2.47. The van der Waals surface area contributed by atoms with Gasteiger partial charge in [-0.15, -0.1) is 24.0 Å². The number of Topliss-reactive ketones (excluding diaryl/α,β-unsaturated/α-hetero) is 1. The normalized spacial score (nSPS) is 27.2. The predicted molar refractivity (Wildman–Crippen MR) is 101 cm³/mol. The molecule has 1 amide bonds. The molecule has 1 aromatic carbocycles. The fourth-order valence-electron chi connectivity index (χ4n) is 3.35. The first-order chi connectivity index (χ1) is 10.4. The van der Waals surface area contributed by atoms with Crippen molar-refractivity contribution in [3.05, 3.63) is 35.9 Å². The number of benzene rings is 1. The van der Waals surface area contributed by atoms with Crippen molar-refractivity contribution in [1.82, 2.24) is 5.43 Å². The van der Waals surface area contributed by atoms with Crippen LogP contribution in [0, 0.1) is 11.3 Å². The number of hydrogen-bond donors (Lipinski definition) is 1. The highest BCUT2D eigenvalue weighted by atomic mass is 127. The van der Waals surface area contributed by atoms with Gasteiger partial charge in [0.25, 0.3) is 0 Å². The lowest BCUT2D eigenvalue weighted by Gasteiger charge is -2.29. The third kappa shape index (κ3) is 4.62. The number of amides is 1. The number of halogens is 1. The van der Waals surface area contributed by atoms with Gasteiger partial charge in [-0.3, -0.25) is 9.59 Å². The van der Waals surface area contributed by atoms with Crippen LogP contribution >= 0.6 is 24.0 Å². The monoisotopic (exact) mass is 426 g/mol. The molecule has 3 rings (SSSR count). The molecule has 124 valence electrons. The van der Waals surface area contributed by atoms with Gasteiger partial charge in [0, 0.05) is 24.5 Å². The fourth-order valence-corrected chi connectivity index (χ4v) is 3.35. The molecule has 0 bridgehead atoms. The molecule has 2 fully saturated rings. The number of nitrogens with one attached hydrogen (secondary N) is 1. The Hall–Kier alpha value is -1.24. The maximum absolute atomic E-state index is 12.2. The van der Waals surface area contributed by atoms with Gasteiger partial charge in [0.15, 0.2) is 0 Å². The number of carbonyl (C=O) groups excluding carboxylic acids is 2. The van der Waals surface area contributed by atoms with Crippen LogP contribution in [0.2, 0.25) is 0 Å². The van der Waals surface area contributed by atoms with Crippen LogP contribution < -0.4 is 5.43 Å². The Morgan fingerprint density at radius 2 is 1.91 bits per heavy atom. The highest BCUT2D eigenvalue weighted by molar-refractivity contribution is 14.0. The van der Waals surface area contributed by atoms with E-state index in [1.54, 1.807) is 0 Å². The molecule has 2 unspecified atom stereocenters. The van der Waals surface area contributed by atoms with Gasteiger partial charge < -0.3 is 0 Å². The Balaban J connectivity index is 0.00000192. The average molecular weight is 426 g/mol. The Bertz CT molecular complexity index is 625. The maximum atomic E-state index is 12.2. The number of rotatable bonds is 3. The molecule has 23 heavy (non-hydrogen) atoms. The second-order valence-corrected chi connectivity index (χ2v) is 7.25. The van der Waals surface area contributed by atoms with Gasteiger partial charge in [0.1, 0.15) is 5.78 Å². The summed E-state index contributed by atoms with van der Waals surface area (Å²) in [5.41, 5.74) is 4.63. The summed E-state index contributed by atoms with van der Waals surface area (Å²) in [6.45, 7) is 4.13. The summed E-state index contributed by atoms with van der Waals surface area (Å²) >= 11 is 0. The maximum Gasteiger partial charge on any atom is 0.243 e. The van der Waals surface area contributed by atoms with Crippen molar-refractivity contribution in [2.45, 2.75) is 45.4 Å². The van der Waals surface area contributed by atoms with Crippen molar-refractivity contribution in [2.75, 3.05) is 0 Å². The van der Waals surface area contributed by atoms with Crippen molar-refractivity contribution in [1.29, 1.82) is 0 Å². The van der Waals surface area contributed by atoms with Crippen molar-refractivity contribution in [3.63, 3.8) is 0 Å². The van der Waals surface area contributed by atoms with Gasteiger partial charge in [0.05, 0.1) is 0 Å². The number of nitrogens with zero attached hydrogens (tertiary/aromatic N) is 1.